The molecule has 1 N–H and O–H groups in total. The average Bonchev–Trinajstić information content (AvgIpc) is 2.79. The Hall–Kier alpha value is -1.55. The molecule has 3 heterocycles. The number of thiophene rings is 1. The van der Waals surface area contributed by atoms with Gasteiger partial charge in [0.2, 0.25) is 0 Å². The summed E-state index contributed by atoms with van der Waals surface area (Å²) < 4.78 is 1.91. The number of hydrogen-bond donors (Lipinski definition) is 1. The summed E-state index contributed by atoms with van der Waals surface area (Å²) in [5.41, 5.74) is 2.16. The minimum atomic E-state index is 0.988. The Balaban J connectivity index is 2.33. The molecule has 0 atom stereocenters. The summed E-state index contributed by atoms with van der Waals surface area (Å²) in [7, 11) is 0. The molecule has 0 bridgehead atoms. The van der Waals surface area contributed by atoms with Gasteiger partial charge >= 0.3 is 0 Å². The van der Waals surface area contributed by atoms with Crippen LogP contribution in [0.1, 0.15) is 0 Å². The Labute approximate surface area is 78.6 Å². The highest BCUT2D eigenvalue weighted by atomic mass is 32.1. The van der Waals surface area contributed by atoms with Crippen LogP contribution in [0, 0.1) is 0 Å². The summed E-state index contributed by atoms with van der Waals surface area (Å²) >= 11 is 1.73. The number of nitrogens with one attached hydrogen (secondary N) is 1. The Kier molecular flexibility index (Phi) is 1.31. The molecule has 13 heavy (non-hydrogen) atoms. The third-order valence-corrected chi connectivity index (χ3v) is 2.92. The monoisotopic (exact) mass is 189 g/mol. The zero-order valence-corrected chi connectivity index (χ0v) is 7.58. The summed E-state index contributed by atoms with van der Waals surface area (Å²) in [5.74, 6) is 0. The number of fused-ring (bicyclic) bond motifs is 1. The van der Waals surface area contributed by atoms with Gasteiger partial charge in [-0.3, -0.25) is 5.10 Å². The van der Waals surface area contributed by atoms with Gasteiger partial charge in [0.05, 0.1) is 5.56 Å². The summed E-state index contributed by atoms with van der Waals surface area (Å²) in [5, 5.41) is 5.19. The minimum Gasteiger partial charge on any atom is -0.299 e. The Bertz CT molecular complexity index is 518. The lowest BCUT2D eigenvalue weighted by molar-refractivity contribution is 0.973. The fourth-order valence-electron chi connectivity index (χ4n) is 1.42. The lowest BCUT2D eigenvalue weighted by Gasteiger charge is -1.87. The van der Waals surface area contributed by atoms with Crippen LogP contribution in [0.5, 0.6) is 0 Å². The molecule has 0 amide bonds. The first kappa shape index (κ1) is 6.91. The Morgan fingerprint density at radius 2 is 2.46 bits per heavy atom. The highest BCUT2D eigenvalue weighted by Crippen LogP contribution is 2.27. The number of aromatic amines is 1. The zero-order valence-electron chi connectivity index (χ0n) is 6.77. The first-order valence-corrected chi connectivity index (χ1v) is 4.87. The summed E-state index contributed by atoms with van der Waals surface area (Å²) in [6.07, 6.45) is 5.68. The van der Waals surface area contributed by atoms with Crippen molar-refractivity contribution in [2.45, 2.75) is 0 Å². The van der Waals surface area contributed by atoms with Crippen LogP contribution in [0.25, 0.3) is 16.1 Å². The third-order valence-electron chi connectivity index (χ3n) is 2.02. The van der Waals surface area contributed by atoms with E-state index in [4.69, 9.17) is 0 Å². The molecule has 0 aromatic carbocycles. The molecule has 0 unspecified atom stereocenters. The number of H-pyrrole nitrogens is 1. The van der Waals surface area contributed by atoms with Gasteiger partial charge < -0.3 is 0 Å². The average molecular weight is 189 g/mol. The second-order valence-corrected chi connectivity index (χ2v) is 3.73. The molecule has 3 rings (SSSR count). The lowest BCUT2D eigenvalue weighted by atomic mass is 10.3. The molecule has 64 valence electrons. The van der Waals surface area contributed by atoms with Gasteiger partial charge in [-0.25, -0.2) is 9.50 Å². The van der Waals surface area contributed by atoms with Gasteiger partial charge in [0.1, 0.15) is 0 Å². The van der Waals surface area contributed by atoms with Crippen LogP contribution < -0.4 is 0 Å². The second-order valence-electron chi connectivity index (χ2n) is 2.79. The number of hydrogen-bond acceptors (Lipinski definition) is 2. The van der Waals surface area contributed by atoms with Crippen LogP contribution in [0.4, 0.5) is 0 Å². The fourth-order valence-corrected chi connectivity index (χ4v) is 2.16. The van der Waals surface area contributed by atoms with Crippen LogP contribution >= 0.6 is 11.3 Å². The van der Waals surface area contributed by atoms with E-state index in [2.05, 4.69) is 21.5 Å². The summed E-state index contributed by atoms with van der Waals surface area (Å²) in [6, 6.07) is 4.15. The molecular formula is C9H7N3S. The van der Waals surface area contributed by atoms with Crippen molar-refractivity contribution in [2.24, 2.45) is 0 Å². The molecule has 0 fully saturated rings. The first-order chi connectivity index (χ1) is 6.45. The first-order valence-electron chi connectivity index (χ1n) is 3.99. The van der Waals surface area contributed by atoms with E-state index in [0.717, 1.165) is 5.65 Å². The third kappa shape index (κ3) is 0.922. The van der Waals surface area contributed by atoms with Gasteiger partial charge in [0.25, 0.3) is 0 Å². The van der Waals surface area contributed by atoms with Crippen LogP contribution in [0.15, 0.2) is 36.1 Å². The van der Waals surface area contributed by atoms with Gasteiger partial charge in [-0.1, -0.05) is 6.07 Å². The minimum absolute atomic E-state index is 0.988. The van der Waals surface area contributed by atoms with E-state index in [0.29, 0.717) is 0 Å². The van der Waals surface area contributed by atoms with Crippen molar-refractivity contribution in [3.8, 4) is 10.4 Å². The molecule has 3 nitrogen and oxygen atoms in total. The predicted molar refractivity (Wildman–Crippen MR) is 52.9 cm³/mol. The maximum absolute atomic E-state index is 4.27. The van der Waals surface area contributed by atoms with Gasteiger partial charge in [-0.2, -0.15) is 0 Å². The van der Waals surface area contributed by atoms with Crippen molar-refractivity contribution in [3.05, 3.63) is 36.1 Å². The number of aromatic nitrogens is 3. The van der Waals surface area contributed by atoms with Crippen molar-refractivity contribution in [2.75, 3.05) is 0 Å². The van der Waals surface area contributed by atoms with Gasteiger partial charge in [0, 0.05) is 23.5 Å². The highest BCUT2D eigenvalue weighted by molar-refractivity contribution is 7.13. The van der Waals surface area contributed by atoms with Crippen LogP contribution in [0.3, 0.4) is 0 Å². The normalized spacial score (nSPS) is 11.1. The van der Waals surface area contributed by atoms with E-state index < -0.39 is 0 Å². The maximum atomic E-state index is 4.27. The molecule has 4 heteroatoms. The predicted octanol–water partition coefficient (Wildman–Crippen LogP) is 2.39. The van der Waals surface area contributed by atoms with Crippen LogP contribution in [-0.4, -0.2) is 14.6 Å². The van der Waals surface area contributed by atoms with Crippen molar-refractivity contribution in [1.82, 2.24) is 14.6 Å². The standard InChI is InChI=1S/C9H7N3S/c1-2-8(13-5-1)7-6-11-12-4-3-10-9(7)12/h1-6,11H. The molecule has 0 aliphatic rings. The van der Waals surface area contributed by atoms with E-state index in [1.54, 1.807) is 17.5 Å². The quantitative estimate of drug-likeness (QED) is 0.626. The smallest absolute Gasteiger partial charge is 0.161 e. The molecule has 3 aromatic rings. The number of rotatable bonds is 1. The van der Waals surface area contributed by atoms with Gasteiger partial charge in [0.15, 0.2) is 5.65 Å². The zero-order chi connectivity index (χ0) is 8.67. The van der Waals surface area contributed by atoms with Crippen molar-refractivity contribution in [1.29, 1.82) is 0 Å². The van der Waals surface area contributed by atoms with Gasteiger partial charge in [-0.15, -0.1) is 11.3 Å². The molecule has 0 aliphatic carbocycles. The summed E-state index contributed by atoms with van der Waals surface area (Å²) in [4.78, 5) is 5.52. The topological polar surface area (TPSA) is 33.1 Å². The van der Waals surface area contributed by atoms with Crippen molar-refractivity contribution < 1.29 is 0 Å². The molecule has 3 aromatic heterocycles. The van der Waals surface area contributed by atoms with E-state index in [-0.39, 0.29) is 0 Å². The van der Waals surface area contributed by atoms with Crippen LogP contribution in [0.2, 0.25) is 0 Å². The number of imidazole rings is 1. The largest absolute Gasteiger partial charge is 0.299 e. The molecule has 0 saturated heterocycles. The van der Waals surface area contributed by atoms with Crippen molar-refractivity contribution >= 4 is 17.0 Å². The summed E-state index contributed by atoms with van der Waals surface area (Å²) in [6.45, 7) is 0. The van der Waals surface area contributed by atoms with Gasteiger partial charge in [-0.05, 0) is 11.4 Å². The molecule has 0 radical (unpaired) electrons. The highest BCUT2D eigenvalue weighted by Gasteiger charge is 2.06. The Morgan fingerprint density at radius 1 is 1.46 bits per heavy atom. The number of nitrogens with zero attached hydrogens (tertiary/aromatic N) is 2. The molecule has 0 saturated carbocycles. The van der Waals surface area contributed by atoms with E-state index in [9.17, 15) is 0 Å². The SMILES string of the molecule is c1csc(-c2c[nH]n3ccnc23)c1. The van der Waals surface area contributed by atoms with Crippen molar-refractivity contribution in [3.63, 3.8) is 0 Å². The molecule has 0 aliphatic heterocycles. The van der Waals surface area contributed by atoms with Crippen LogP contribution in [-0.2, 0) is 0 Å². The maximum Gasteiger partial charge on any atom is 0.161 e. The lowest BCUT2D eigenvalue weighted by Crippen LogP contribution is -1.76. The fraction of sp³-hybridized carbons (Fsp3) is 0. The van der Waals surface area contributed by atoms with E-state index >= 15 is 0 Å². The van der Waals surface area contributed by atoms with E-state index in [1.165, 1.54) is 10.4 Å². The van der Waals surface area contributed by atoms with E-state index in [1.807, 2.05) is 23.0 Å². The molecular weight excluding hydrogens is 182 g/mol. The Morgan fingerprint density at radius 3 is 3.31 bits per heavy atom. The molecule has 0 spiro atoms. The second kappa shape index (κ2) is 2.47.